The van der Waals surface area contributed by atoms with Crippen molar-refractivity contribution in [2.45, 2.75) is 45.8 Å². The molecule has 0 radical (unpaired) electrons. The van der Waals surface area contributed by atoms with E-state index in [0.29, 0.717) is 6.10 Å². The highest BCUT2D eigenvalue weighted by Crippen LogP contribution is 2.54. The van der Waals surface area contributed by atoms with Gasteiger partial charge in [-0.25, -0.2) is 4.67 Å². The predicted molar refractivity (Wildman–Crippen MR) is 54.4 cm³/mol. The molecular formula is C8H17ClNOP. The molecule has 2 nitrogen and oxygen atoms in total. The van der Waals surface area contributed by atoms with Gasteiger partial charge in [-0.05, 0) is 45.4 Å². The standard InChI is InChI=1S/C8H17ClNOP/c1-7-5-6-10(8(2,3)4)12(9)11-7/h7H,5-6H2,1-4H3. The summed E-state index contributed by atoms with van der Waals surface area (Å²) in [6.45, 7) is 9.65. The fourth-order valence-corrected chi connectivity index (χ4v) is 3.79. The first-order valence-electron chi connectivity index (χ1n) is 4.31. The minimum absolute atomic E-state index is 0.133. The lowest BCUT2D eigenvalue weighted by molar-refractivity contribution is 0.131. The molecule has 72 valence electrons. The molecule has 1 rings (SSSR count). The van der Waals surface area contributed by atoms with Gasteiger partial charge in [0.2, 0.25) is 7.65 Å². The first kappa shape index (κ1) is 10.7. The molecule has 0 saturated carbocycles. The SMILES string of the molecule is CC1CCN(C(C)(C)C)P(Cl)O1. The van der Waals surface area contributed by atoms with Crippen molar-refractivity contribution in [1.82, 2.24) is 4.67 Å². The van der Waals surface area contributed by atoms with Gasteiger partial charge in [0, 0.05) is 12.1 Å². The largest absolute Gasteiger partial charge is 0.328 e. The van der Waals surface area contributed by atoms with Gasteiger partial charge in [-0.15, -0.1) is 0 Å². The maximum atomic E-state index is 6.13. The average molecular weight is 210 g/mol. The van der Waals surface area contributed by atoms with Gasteiger partial charge in [-0.1, -0.05) is 0 Å². The van der Waals surface area contributed by atoms with Crippen LogP contribution >= 0.6 is 18.9 Å². The van der Waals surface area contributed by atoms with E-state index in [1.54, 1.807) is 0 Å². The molecule has 1 heterocycles. The van der Waals surface area contributed by atoms with Crippen molar-refractivity contribution in [3.63, 3.8) is 0 Å². The smallest absolute Gasteiger partial charge is 0.207 e. The summed E-state index contributed by atoms with van der Waals surface area (Å²) in [5, 5.41) is 0. The molecule has 2 unspecified atom stereocenters. The van der Waals surface area contributed by atoms with E-state index in [2.05, 4.69) is 32.4 Å². The Morgan fingerprint density at radius 3 is 2.50 bits per heavy atom. The fourth-order valence-electron chi connectivity index (χ4n) is 1.21. The summed E-state index contributed by atoms with van der Waals surface area (Å²) >= 11 is 6.13. The van der Waals surface area contributed by atoms with Gasteiger partial charge in [0.1, 0.15) is 0 Å². The van der Waals surface area contributed by atoms with E-state index in [-0.39, 0.29) is 5.54 Å². The highest BCUT2D eigenvalue weighted by Gasteiger charge is 2.33. The second kappa shape index (κ2) is 3.79. The Bertz CT molecular complexity index is 160. The minimum atomic E-state index is -0.877. The van der Waals surface area contributed by atoms with Gasteiger partial charge in [-0.3, -0.25) is 0 Å². The lowest BCUT2D eigenvalue weighted by Gasteiger charge is -2.42. The van der Waals surface area contributed by atoms with Gasteiger partial charge >= 0.3 is 0 Å². The fraction of sp³-hybridized carbons (Fsp3) is 1.00. The van der Waals surface area contributed by atoms with E-state index in [0.717, 1.165) is 13.0 Å². The molecule has 1 fully saturated rings. The highest BCUT2D eigenvalue weighted by atomic mass is 35.7. The molecule has 0 spiro atoms. The van der Waals surface area contributed by atoms with Crippen LogP contribution in [0.5, 0.6) is 0 Å². The van der Waals surface area contributed by atoms with E-state index in [9.17, 15) is 0 Å². The van der Waals surface area contributed by atoms with Crippen LogP contribution in [0.1, 0.15) is 34.1 Å². The number of rotatable bonds is 0. The van der Waals surface area contributed by atoms with Crippen molar-refractivity contribution < 1.29 is 4.52 Å². The van der Waals surface area contributed by atoms with Crippen LogP contribution in [0.3, 0.4) is 0 Å². The molecule has 0 N–H and O–H groups in total. The van der Waals surface area contributed by atoms with Crippen molar-refractivity contribution >= 4 is 18.9 Å². The Morgan fingerprint density at radius 1 is 1.50 bits per heavy atom. The Kier molecular flexibility index (Phi) is 3.39. The molecule has 0 aromatic rings. The van der Waals surface area contributed by atoms with Gasteiger partial charge < -0.3 is 4.52 Å². The number of halogens is 1. The number of hydrogen-bond donors (Lipinski definition) is 0. The van der Waals surface area contributed by atoms with Gasteiger partial charge in [0.15, 0.2) is 0 Å². The zero-order chi connectivity index (χ0) is 9.35. The van der Waals surface area contributed by atoms with Crippen LogP contribution in [0, 0.1) is 0 Å². The van der Waals surface area contributed by atoms with E-state index in [4.69, 9.17) is 15.8 Å². The van der Waals surface area contributed by atoms with Crippen LogP contribution in [-0.2, 0) is 4.52 Å². The molecular weight excluding hydrogens is 193 g/mol. The summed E-state index contributed by atoms with van der Waals surface area (Å²) in [6.07, 6.45) is 1.41. The van der Waals surface area contributed by atoms with Crippen molar-refractivity contribution in [2.24, 2.45) is 0 Å². The first-order valence-corrected chi connectivity index (χ1v) is 6.43. The van der Waals surface area contributed by atoms with Gasteiger partial charge in [-0.2, -0.15) is 0 Å². The summed E-state index contributed by atoms with van der Waals surface area (Å²) in [5.74, 6) is 0. The van der Waals surface area contributed by atoms with Crippen molar-refractivity contribution in [1.29, 1.82) is 0 Å². The monoisotopic (exact) mass is 209 g/mol. The second-order valence-corrected chi connectivity index (χ2v) is 6.24. The Hall–Kier alpha value is 0.640. The van der Waals surface area contributed by atoms with Crippen LogP contribution in [0.2, 0.25) is 0 Å². The maximum absolute atomic E-state index is 6.13. The summed E-state index contributed by atoms with van der Waals surface area (Å²) in [6, 6.07) is 0. The lowest BCUT2D eigenvalue weighted by Crippen LogP contribution is -2.41. The van der Waals surface area contributed by atoms with Gasteiger partial charge in [0.25, 0.3) is 0 Å². The van der Waals surface area contributed by atoms with Crippen LogP contribution in [0.15, 0.2) is 0 Å². The molecule has 0 amide bonds. The molecule has 12 heavy (non-hydrogen) atoms. The van der Waals surface area contributed by atoms with Crippen LogP contribution < -0.4 is 0 Å². The molecule has 4 heteroatoms. The average Bonchev–Trinajstić information content (AvgIpc) is 1.83. The number of nitrogens with zero attached hydrogens (tertiary/aromatic N) is 1. The van der Waals surface area contributed by atoms with Gasteiger partial charge in [0.05, 0.1) is 6.10 Å². The number of hydrogen-bond acceptors (Lipinski definition) is 2. The van der Waals surface area contributed by atoms with E-state index in [1.165, 1.54) is 0 Å². The molecule has 1 aliphatic heterocycles. The van der Waals surface area contributed by atoms with Crippen LogP contribution in [0.4, 0.5) is 0 Å². The van der Waals surface area contributed by atoms with Crippen LogP contribution in [0.25, 0.3) is 0 Å². The summed E-state index contributed by atoms with van der Waals surface area (Å²) in [5.41, 5.74) is 0.133. The van der Waals surface area contributed by atoms with Crippen molar-refractivity contribution in [3.05, 3.63) is 0 Å². The lowest BCUT2D eigenvalue weighted by atomic mass is 10.1. The van der Waals surface area contributed by atoms with E-state index < -0.39 is 7.65 Å². The summed E-state index contributed by atoms with van der Waals surface area (Å²) in [7, 11) is -0.877. The molecule has 1 saturated heterocycles. The first-order chi connectivity index (χ1) is 5.41. The molecule has 0 aliphatic carbocycles. The third-order valence-corrected chi connectivity index (χ3v) is 4.48. The summed E-state index contributed by atoms with van der Waals surface area (Å²) < 4.78 is 7.82. The maximum Gasteiger partial charge on any atom is 0.207 e. The molecule has 0 aromatic carbocycles. The zero-order valence-corrected chi connectivity index (χ0v) is 9.82. The zero-order valence-electron chi connectivity index (χ0n) is 8.17. The Morgan fingerprint density at radius 2 is 2.08 bits per heavy atom. The van der Waals surface area contributed by atoms with Crippen molar-refractivity contribution in [2.75, 3.05) is 6.54 Å². The highest BCUT2D eigenvalue weighted by molar-refractivity contribution is 7.78. The molecule has 2 atom stereocenters. The third kappa shape index (κ3) is 2.56. The third-order valence-electron chi connectivity index (χ3n) is 1.98. The quantitative estimate of drug-likeness (QED) is 0.568. The Labute approximate surface area is 80.9 Å². The normalized spacial score (nSPS) is 33.8. The summed E-state index contributed by atoms with van der Waals surface area (Å²) in [4.78, 5) is 0. The van der Waals surface area contributed by atoms with Crippen molar-refractivity contribution in [3.8, 4) is 0 Å². The van der Waals surface area contributed by atoms with Crippen LogP contribution in [-0.4, -0.2) is 22.9 Å². The van der Waals surface area contributed by atoms with E-state index in [1.807, 2.05) is 0 Å². The topological polar surface area (TPSA) is 12.5 Å². The predicted octanol–water partition coefficient (Wildman–Crippen LogP) is 3.36. The molecule has 0 bridgehead atoms. The second-order valence-electron chi connectivity index (χ2n) is 4.22. The minimum Gasteiger partial charge on any atom is -0.328 e. The Balaban J connectivity index is 2.57. The van der Waals surface area contributed by atoms with E-state index >= 15 is 0 Å². The molecule has 0 aromatic heterocycles. The molecule has 1 aliphatic rings.